The summed E-state index contributed by atoms with van der Waals surface area (Å²) < 4.78 is 7.43. The summed E-state index contributed by atoms with van der Waals surface area (Å²) in [5.74, 6) is -0.0901. The predicted molar refractivity (Wildman–Crippen MR) is 222 cm³/mol. The Morgan fingerprint density at radius 2 is 1.29 bits per heavy atom. The van der Waals surface area contributed by atoms with Gasteiger partial charge in [0.1, 0.15) is 23.3 Å². The van der Waals surface area contributed by atoms with E-state index in [1.165, 1.54) is 0 Å². The van der Waals surface area contributed by atoms with Gasteiger partial charge in [-0.25, -0.2) is 0 Å². The molecule has 5 aromatic rings. The monoisotopic (exact) mass is 800 g/mol. The van der Waals surface area contributed by atoms with Crippen LogP contribution in [0.25, 0.3) is 20.5 Å². The number of hydrogen-bond donors (Lipinski definition) is 3. The quantitative estimate of drug-likeness (QED) is 0.154. The van der Waals surface area contributed by atoms with Crippen LogP contribution < -0.4 is 19.9 Å². The molecule has 4 amide bonds. The van der Waals surface area contributed by atoms with Crippen LogP contribution >= 0.6 is 11.3 Å². The number of thiophene rings is 1. The molecule has 0 saturated carbocycles. The number of ether oxygens (including phenoxy) is 1. The smallest absolute Gasteiger partial charge is 0.262 e. The number of piperidine rings is 1. The van der Waals surface area contributed by atoms with Gasteiger partial charge in [0, 0.05) is 80.2 Å². The summed E-state index contributed by atoms with van der Waals surface area (Å²) >= 11 is 1.54. The van der Waals surface area contributed by atoms with Crippen molar-refractivity contribution in [3.63, 3.8) is 0 Å². The van der Waals surface area contributed by atoms with E-state index in [-0.39, 0.29) is 30.2 Å². The van der Waals surface area contributed by atoms with E-state index in [0.29, 0.717) is 11.1 Å². The van der Waals surface area contributed by atoms with Crippen molar-refractivity contribution < 1.29 is 34.1 Å². The van der Waals surface area contributed by atoms with Gasteiger partial charge >= 0.3 is 0 Å². The lowest BCUT2D eigenvalue weighted by Gasteiger charge is -2.38. The molecule has 9 rings (SSSR count). The summed E-state index contributed by atoms with van der Waals surface area (Å²) in [6, 6.07) is 25.0. The largest absolute Gasteiger partial charge is 0.508 e. The van der Waals surface area contributed by atoms with Crippen LogP contribution in [0.15, 0.2) is 84.9 Å². The fraction of sp³-hybridized carbons (Fsp3) is 0.318. The lowest BCUT2D eigenvalue weighted by atomic mass is 10.0. The molecule has 3 fully saturated rings. The van der Waals surface area contributed by atoms with Crippen LogP contribution in [0.5, 0.6) is 23.0 Å². The van der Waals surface area contributed by atoms with Crippen molar-refractivity contribution in [3.05, 3.63) is 96.1 Å². The molecule has 0 radical (unpaired) electrons. The van der Waals surface area contributed by atoms with Crippen LogP contribution in [-0.4, -0.2) is 120 Å². The van der Waals surface area contributed by atoms with Crippen LogP contribution in [0.2, 0.25) is 0 Å². The Bertz CT molecular complexity index is 2380. The highest BCUT2D eigenvalue weighted by atomic mass is 32.1. The zero-order valence-corrected chi connectivity index (χ0v) is 32.7. The Labute approximate surface area is 339 Å². The van der Waals surface area contributed by atoms with Crippen molar-refractivity contribution in [3.8, 4) is 33.4 Å². The number of fused-ring (bicyclic) bond motifs is 2. The van der Waals surface area contributed by atoms with E-state index in [0.717, 1.165) is 120 Å². The first-order valence-corrected chi connectivity index (χ1v) is 20.6. The van der Waals surface area contributed by atoms with E-state index < -0.39 is 23.8 Å². The van der Waals surface area contributed by atoms with Crippen LogP contribution in [0.3, 0.4) is 0 Å². The zero-order valence-electron chi connectivity index (χ0n) is 31.9. The van der Waals surface area contributed by atoms with E-state index in [4.69, 9.17) is 4.74 Å². The topological polar surface area (TPSA) is 146 Å². The normalized spacial score (nSPS) is 19.2. The molecule has 4 aliphatic rings. The number of amides is 4. The van der Waals surface area contributed by atoms with Gasteiger partial charge in [0.05, 0.1) is 16.0 Å². The molecule has 298 valence electrons. The van der Waals surface area contributed by atoms with Gasteiger partial charge in [-0.1, -0.05) is 0 Å². The third-order valence-corrected chi connectivity index (χ3v) is 12.8. The molecule has 58 heavy (non-hydrogen) atoms. The Morgan fingerprint density at radius 1 is 0.672 bits per heavy atom. The van der Waals surface area contributed by atoms with Crippen molar-refractivity contribution in [2.24, 2.45) is 0 Å². The minimum absolute atomic E-state index is 0.0963. The number of piperazine rings is 2. The second-order valence-electron chi connectivity index (χ2n) is 15.3. The number of carbonyl (C=O) groups excluding carboxylic acids is 4. The molecule has 13 nitrogen and oxygen atoms in total. The highest BCUT2D eigenvalue weighted by molar-refractivity contribution is 7.22. The first-order chi connectivity index (χ1) is 28.2. The summed E-state index contributed by atoms with van der Waals surface area (Å²) in [5.41, 5.74) is 3.60. The molecule has 3 N–H and O–H groups in total. The highest BCUT2D eigenvalue weighted by Gasteiger charge is 2.44. The Kier molecular flexibility index (Phi) is 10.2. The summed E-state index contributed by atoms with van der Waals surface area (Å²) in [6.07, 6.45) is 1.32. The van der Waals surface area contributed by atoms with Crippen LogP contribution in [-0.2, 0) is 9.59 Å². The standard InChI is InChI=1S/C44H44N6O7S/c51-31-7-2-28(3-8-31)41-40(35-13-9-32(52)27-38(35)58-41)57-33-10-4-29(5-11-33)48-22-18-46(19-23-48)16-1-17-47-20-24-49(25-21-47)30-6-12-34-36(26-30)44(56)50(43(34)55)37-14-15-39(53)45-42(37)54/h2-13,26-27,37,51-52H,1,14-25H2,(H,45,53,54). The maximum absolute atomic E-state index is 13.3. The molecule has 1 aromatic heterocycles. The predicted octanol–water partition coefficient (Wildman–Crippen LogP) is 5.51. The maximum atomic E-state index is 13.3. The minimum atomic E-state index is -0.967. The number of benzene rings is 4. The van der Waals surface area contributed by atoms with E-state index >= 15 is 0 Å². The molecule has 4 aliphatic heterocycles. The van der Waals surface area contributed by atoms with Gasteiger partial charge in [-0.05, 0) is 116 Å². The number of phenolic OH excluding ortho intramolecular Hbond substituents is 2. The number of nitrogens with one attached hydrogen (secondary N) is 1. The van der Waals surface area contributed by atoms with Crippen molar-refractivity contribution in [2.45, 2.75) is 25.3 Å². The molecule has 1 unspecified atom stereocenters. The number of anilines is 2. The lowest BCUT2D eigenvalue weighted by Crippen LogP contribution is -2.54. The summed E-state index contributed by atoms with van der Waals surface area (Å²) in [7, 11) is 0. The van der Waals surface area contributed by atoms with Gasteiger partial charge in [-0.15, -0.1) is 11.3 Å². The van der Waals surface area contributed by atoms with Crippen molar-refractivity contribution in [2.75, 3.05) is 75.2 Å². The zero-order chi connectivity index (χ0) is 39.9. The second-order valence-corrected chi connectivity index (χ2v) is 16.3. The van der Waals surface area contributed by atoms with Gasteiger partial charge in [-0.2, -0.15) is 0 Å². The molecular formula is C44H44N6O7S. The van der Waals surface area contributed by atoms with Gasteiger partial charge in [0.25, 0.3) is 11.8 Å². The summed E-state index contributed by atoms with van der Waals surface area (Å²) in [5, 5.41) is 23.1. The average molecular weight is 801 g/mol. The number of imide groups is 2. The molecule has 3 saturated heterocycles. The molecular weight excluding hydrogens is 757 g/mol. The number of carbonyl (C=O) groups is 4. The van der Waals surface area contributed by atoms with Gasteiger partial charge in [-0.3, -0.25) is 39.2 Å². The van der Waals surface area contributed by atoms with Crippen molar-refractivity contribution in [1.29, 1.82) is 0 Å². The van der Waals surface area contributed by atoms with Crippen molar-refractivity contribution in [1.82, 2.24) is 20.0 Å². The van der Waals surface area contributed by atoms with E-state index in [1.54, 1.807) is 47.7 Å². The van der Waals surface area contributed by atoms with Gasteiger partial charge in [0.15, 0.2) is 5.75 Å². The average Bonchev–Trinajstić information content (AvgIpc) is 3.71. The summed E-state index contributed by atoms with van der Waals surface area (Å²) in [6.45, 7) is 9.39. The van der Waals surface area contributed by atoms with Gasteiger partial charge in [0.2, 0.25) is 11.8 Å². The minimum Gasteiger partial charge on any atom is -0.508 e. The number of aromatic hydroxyl groups is 2. The number of rotatable bonds is 10. The van der Waals surface area contributed by atoms with E-state index in [9.17, 15) is 29.4 Å². The molecule has 0 bridgehead atoms. The first kappa shape index (κ1) is 37.6. The fourth-order valence-electron chi connectivity index (χ4n) is 8.44. The Morgan fingerprint density at radius 3 is 1.97 bits per heavy atom. The summed E-state index contributed by atoms with van der Waals surface area (Å²) in [4.78, 5) is 62.1. The Balaban J connectivity index is 0.732. The number of phenols is 2. The Hall–Kier alpha value is -5.96. The molecule has 5 heterocycles. The number of nitrogens with zero attached hydrogens (tertiary/aromatic N) is 5. The van der Waals surface area contributed by atoms with Crippen molar-refractivity contribution >= 4 is 56.4 Å². The first-order valence-electron chi connectivity index (χ1n) is 19.8. The van der Waals surface area contributed by atoms with Gasteiger partial charge < -0.3 is 24.7 Å². The van der Waals surface area contributed by atoms with Crippen LogP contribution in [0.4, 0.5) is 11.4 Å². The van der Waals surface area contributed by atoms with E-state index in [2.05, 4.69) is 37.0 Å². The molecule has 4 aromatic carbocycles. The molecule has 0 spiro atoms. The molecule has 0 aliphatic carbocycles. The third kappa shape index (κ3) is 7.46. The maximum Gasteiger partial charge on any atom is 0.262 e. The fourth-order valence-corrected chi connectivity index (χ4v) is 9.61. The van der Waals surface area contributed by atoms with Crippen LogP contribution in [0, 0.1) is 0 Å². The van der Waals surface area contributed by atoms with E-state index in [1.807, 2.05) is 36.4 Å². The SMILES string of the molecule is O=C1CCC(N2C(=O)c3ccc(N4CCN(CCCN5CCN(c6ccc(Oc7c(-c8ccc(O)cc8)sc8cc(O)ccc78)cc6)CC5)CC4)cc3C2=O)C(=O)N1. The lowest BCUT2D eigenvalue weighted by molar-refractivity contribution is -0.136. The molecule has 1 atom stereocenters. The highest BCUT2D eigenvalue weighted by Crippen LogP contribution is 2.47. The number of hydrogen-bond acceptors (Lipinski definition) is 12. The van der Waals surface area contributed by atoms with Crippen LogP contribution in [0.1, 0.15) is 40.0 Å². The molecule has 14 heteroatoms. The third-order valence-electron chi connectivity index (χ3n) is 11.7. The second kappa shape index (κ2) is 15.8.